The van der Waals surface area contributed by atoms with E-state index in [1.165, 1.54) is 12.8 Å². The summed E-state index contributed by atoms with van der Waals surface area (Å²) in [4.78, 5) is 10.9. The zero-order valence-electron chi connectivity index (χ0n) is 6.53. The van der Waals surface area contributed by atoms with E-state index in [1.54, 1.807) is 0 Å². The number of carbonyl (C=O) groups excluding carboxylic acids is 1. The molecule has 0 N–H and O–H groups in total. The van der Waals surface area contributed by atoms with Crippen LogP contribution in [0.15, 0.2) is 0 Å². The zero-order chi connectivity index (χ0) is 7.82. The Balaban J connectivity index is 3.05. The summed E-state index contributed by atoms with van der Waals surface area (Å²) < 4.78 is 0.975. The molecule has 0 aromatic carbocycles. The molecule has 0 aromatic rings. The van der Waals surface area contributed by atoms with Crippen LogP contribution in [0.3, 0.4) is 0 Å². The van der Waals surface area contributed by atoms with Gasteiger partial charge in [0.2, 0.25) is 0 Å². The van der Waals surface area contributed by atoms with Crippen LogP contribution < -0.4 is 0 Å². The number of halogens is 1. The molecule has 0 fully saturated rings. The van der Waals surface area contributed by atoms with Gasteiger partial charge in [0.15, 0.2) is 0 Å². The average molecular weight is 254 g/mol. The second kappa shape index (κ2) is 7.51. The molecule has 0 amide bonds. The molecule has 60 valence electrons. The Kier molecular flexibility index (Phi) is 7.81. The first kappa shape index (κ1) is 10.4. The van der Waals surface area contributed by atoms with Crippen molar-refractivity contribution in [1.82, 2.24) is 0 Å². The number of rotatable bonds is 6. The molecule has 0 aromatic heterocycles. The molecular formula is C8H15IO. The summed E-state index contributed by atoms with van der Waals surface area (Å²) >= 11 is 2.24. The fourth-order valence-corrected chi connectivity index (χ4v) is 1.40. The van der Waals surface area contributed by atoms with Gasteiger partial charge in [0.1, 0.15) is 5.78 Å². The van der Waals surface area contributed by atoms with Crippen molar-refractivity contribution >= 4 is 28.4 Å². The second-order valence-corrected chi connectivity index (χ2v) is 3.51. The largest absolute Gasteiger partial charge is 0.300 e. The van der Waals surface area contributed by atoms with Gasteiger partial charge in [-0.1, -0.05) is 42.4 Å². The van der Waals surface area contributed by atoms with Gasteiger partial charge >= 0.3 is 0 Å². The van der Waals surface area contributed by atoms with Crippen LogP contribution in [0.5, 0.6) is 0 Å². The van der Waals surface area contributed by atoms with Crippen molar-refractivity contribution in [2.75, 3.05) is 4.43 Å². The van der Waals surface area contributed by atoms with Crippen LogP contribution in [0.2, 0.25) is 0 Å². The zero-order valence-corrected chi connectivity index (χ0v) is 8.69. The molecule has 1 nitrogen and oxygen atoms in total. The molecule has 0 aliphatic carbocycles. The third-order valence-corrected chi connectivity index (χ3v) is 1.97. The molecule has 0 atom stereocenters. The van der Waals surface area contributed by atoms with Crippen LogP contribution in [0, 0.1) is 0 Å². The van der Waals surface area contributed by atoms with Crippen molar-refractivity contribution in [3.8, 4) is 0 Å². The Morgan fingerprint density at radius 2 is 2.00 bits per heavy atom. The van der Waals surface area contributed by atoms with Gasteiger partial charge in [0, 0.05) is 17.3 Å². The van der Waals surface area contributed by atoms with E-state index in [-0.39, 0.29) is 0 Å². The lowest BCUT2D eigenvalue weighted by Gasteiger charge is -1.95. The van der Waals surface area contributed by atoms with Gasteiger partial charge in [0.25, 0.3) is 0 Å². The molecule has 0 rings (SSSR count). The van der Waals surface area contributed by atoms with Gasteiger partial charge in [-0.3, -0.25) is 4.79 Å². The first-order chi connectivity index (χ1) is 4.81. The van der Waals surface area contributed by atoms with E-state index in [0.29, 0.717) is 5.78 Å². The SMILES string of the molecule is CCCCCC(=O)CCI. The Morgan fingerprint density at radius 1 is 1.30 bits per heavy atom. The van der Waals surface area contributed by atoms with E-state index in [2.05, 4.69) is 29.5 Å². The molecule has 2 heteroatoms. The molecular weight excluding hydrogens is 239 g/mol. The highest BCUT2D eigenvalue weighted by atomic mass is 127. The number of hydrogen-bond donors (Lipinski definition) is 0. The quantitative estimate of drug-likeness (QED) is 0.404. The predicted octanol–water partition coefficient (Wildman–Crippen LogP) is 2.96. The first-order valence-electron chi connectivity index (χ1n) is 3.89. The summed E-state index contributed by atoms with van der Waals surface area (Å²) in [6.07, 6.45) is 5.07. The minimum Gasteiger partial charge on any atom is -0.300 e. The normalized spacial score (nSPS) is 9.80. The third-order valence-electron chi connectivity index (χ3n) is 1.43. The minimum absolute atomic E-state index is 0.433. The van der Waals surface area contributed by atoms with Crippen LogP contribution in [-0.4, -0.2) is 10.2 Å². The molecule has 10 heavy (non-hydrogen) atoms. The van der Waals surface area contributed by atoms with E-state index < -0.39 is 0 Å². The van der Waals surface area contributed by atoms with Crippen LogP contribution in [0.4, 0.5) is 0 Å². The van der Waals surface area contributed by atoms with Crippen molar-refractivity contribution in [2.45, 2.75) is 39.0 Å². The van der Waals surface area contributed by atoms with Crippen LogP contribution in [-0.2, 0) is 4.79 Å². The van der Waals surface area contributed by atoms with Crippen molar-refractivity contribution < 1.29 is 4.79 Å². The highest BCUT2D eigenvalue weighted by Crippen LogP contribution is 2.02. The van der Waals surface area contributed by atoms with Crippen molar-refractivity contribution in [3.05, 3.63) is 0 Å². The number of unbranched alkanes of at least 4 members (excludes halogenated alkanes) is 2. The van der Waals surface area contributed by atoms with E-state index in [4.69, 9.17) is 0 Å². The standard InChI is InChI=1S/C8H15IO/c1-2-3-4-5-8(10)6-7-9/h2-7H2,1H3. The molecule has 0 bridgehead atoms. The Morgan fingerprint density at radius 3 is 2.50 bits per heavy atom. The van der Waals surface area contributed by atoms with E-state index in [1.807, 2.05) is 0 Å². The maximum atomic E-state index is 10.9. The van der Waals surface area contributed by atoms with Crippen LogP contribution >= 0.6 is 22.6 Å². The molecule has 0 aliphatic heterocycles. The third kappa shape index (κ3) is 6.52. The highest BCUT2D eigenvalue weighted by molar-refractivity contribution is 14.1. The second-order valence-electron chi connectivity index (χ2n) is 2.43. The summed E-state index contributed by atoms with van der Waals surface area (Å²) in [5.41, 5.74) is 0. The average Bonchev–Trinajstić information content (AvgIpc) is 1.89. The lowest BCUT2D eigenvalue weighted by Crippen LogP contribution is -1.97. The van der Waals surface area contributed by atoms with E-state index in [9.17, 15) is 4.79 Å². The van der Waals surface area contributed by atoms with Gasteiger partial charge in [-0.2, -0.15) is 0 Å². The van der Waals surface area contributed by atoms with Crippen molar-refractivity contribution in [1.29, 1.82) is 0 Å². The number of alkyl halides is 1. The summed E-state index contributed by atoms with van der Waals surface area (Å²) in [6.45, 7) is 2.16. The molecule has 0 saturated carbocycles. The lowest BCUT2D eigenvalue weighted by atomic mass is 10.1. The predicted molar refractivity (Wildman–Crippen MR) is 52.7 cm³/mol. The van der Waals surface area contributed by atoms with Gasteiger partial charge in [-0.05, 0) is 6.42 Å². The summed E-state index contributed by atoms with van der Waals surface area (Å²) in [6, 6.07) is 0. The monoisotopic (exact) mass is 254 g/mol. The smallest absolute Gasteiger partial charge is 0.133 e. The fourth-order valence-electron chi connectivity index (χ4n) is 0.803. The summed E-state index contributed by atoms with van der Waals surface area (Å²) in [7, 11) is 0. The van der Waals surface area contributed by atoms with Crippen molar-refractivity contribution in [2.24, 2.45) is 0 Å². The van der Waals surface area contributed by atoms with Crippen LogP contribution in [0.1, 0.15) is 39.0 Å². The fraction of sp³-hybridized carbons (Fsp3) is 0.875. The molecule has 0 saturated heterocycles. The Bertz CT molecular complexity index is 91.3. The summed E-state index contributed by atoms with van der Waals surface area (Å²) in [5, 5.41) is 0. The minimum atomic E-state index is 0.433. The molecule has 0 aliphatic rings. The number of hydrogen-bond acceptors (Lipinski definition) is 1. The summed E-state index contributed by atoms with van der Waals surface area (Å²) in [5.74, 6) is 0.433. The van der Waals surface area contributed by atoms with Gasteiger partial charge in [-0.25, -0.2) is 0 Å². The topological polar surface area (TPSA) is 17.1 Å². The maximum absolute atomic E-state index is 10.9. The lowest BCUT2D eigenvalue weighted by molar-refractivity contribution is -0.118. The van der Waals surface area contributed by atoms with E-state index >= 15 is 0 Å². The first-order valence-corrected chi connectivity index (χ1v) is 5.41. The molecule has 0 heterocycles. The Labute approximate surface area is 76.7 Å². The van der Waals surface area contributed by atoms with Gasteiger partial charge in [0.05, 0.1) is 0 Å². The number of Topliss-reactive ketones (excluding diaryl/α,β-unsaturated/α-hetero) is 1. The Hall–Kier alpha value is 0.400. The highest BCUT2D eigenvalue weighted by Gasteiger charge is 1.98. The number of ketones is 1. The molecule has 0 unspecified atom stereocenters. The molecule has 0 radical (unpaired) electrons. The number of carbonyl (C=O) groups is 1. The van der Waals surface area contributed by atoms with Gasteiger partial charge < -0.3 is 0 Å². The van der Waals surface area contributed by atoms with Gasteiger partial charge in [-0.15, -0.1) is 0 Å². The van der Waals surface area contributed by atoms with Crippen LogP contribution in [0.25, 0.3) is 0 Å². The molecule has 0 spiro atoms. The van der Waals surface area contributed by atoms with Crippen molar-refractivity contribution in [3.63, 3.8) is 0 Å². The van der Waals surface area contributed by atoms with E-state index in [0.717, 1.165) is 23.7 Å². The maximum Gasteiger partial charge on any atom is 0.133 e.